The fourth-order valence-electron chi connectivity index (χ4n) is 1.47. The van der Waals surface area contributed by atoms with Gasteiger partial charge in [0.25, 0.3) is 5.91 Å². The Kier molecular flexibility index (Phi) is 5.92. The Labute approximate surface area is 115 Å². The van der Waals surface area contributed by atoms with Gasteiger partial charge in [0.05, 0.1) is 0 Å². The molecule has 6 nitrogen and oxygen atoms in total. The molecule has 1 amide bonds. The number of aliphatic hydroxyl groups excluding tert-OH is 1. The number of hydrogen-bond acceptors (Lipinski definition) is 4. The lowest BCUT2D eigenvalue weighted by Gasteiger charge is -2.18. The second kappa shape index (κ2) is 7.44. The lowest BCUT2D eigenvalue weighted by molar-refractivity contribution is -0.143. The number of ether oxygens (including phenoxy) is 1. The number of halogens is 1. The first kappa shape index (κ1) is 15.9. The van der Waals surface area contributed by atoms with Gasteiger partial charge in [0.2, 0.25) is 0 Å². The molecule has 20 heavy (non-hydrogen) atoms. The topological polar surface area (TPSA) is 95.9 Å². The minimum absolute atomic E-state index is 0.103. The number of benzene rings is 1. The van der Waals surface area contributed by atoms with Crippen LogP contribution in [0.3, 0.4) is 0 Å². The van der Waals surface area contributed by atoms with Crippen LogP contribution in [0, 0.1) is 5.82 Å². The molecule has 0 aromatic heterocycles. The summed E-state index contributed by atoms with van der Waals surface area (Å²) in [7, 11) is 0. The number of carbonyl (C=O) groups excluding carboxylic acids is 1. The first-order valence-electron chi connectivity index (χ1n) is 6.00. The largest absolute Gasteiger partial charge is 0.481 e. The highest BCUT2D eigenvalue weighted by Crippen LogP contribution is 2.13. The Morgan fingerprint density at radius 2 is 2.15 bits per heavy atom. The Balaban J connectivity index is 2.60. The van der Waals surface area contributed by atoms with Crippen molar-refractivity contribution in [3.8, 4) is 5.75 Å². The van der Waals surface area contributed by atoms with E-state index in [2.05, 4.69) is 5.32 Å². The molecule has 0 aliphatic rings. The number of aliphatic hydroxyl groups is 1. The van der Waals surface area contributed by atoms with Crippen LogP contribution in [0.2, 0.25) is 0 Å². The maximum absolute atomic E-state index is 12.9. The number of aliphatic carboxylic acids is 1. The molecule has 0 aliphatic carbocycles. The molecular formula is C13H16FNO5. The second-order valence-corrected chi connectivity index (χ2v) is 4.13. The van der Waals surface area contributed by atoms with Crippen molar-refractivity contribution in [2.45, 2.75) is 25.5 Å². The SMILES string of the molecule is CC(Oc1cccc(F)c1)C(=O)N[C@H](CCO)C(=O)O. The summed E-state index contributed by atoms with van der Waals surface area (Å²) in [6.45, 7) is 1.05. The highest BCUT2D eigenvalue weighted by Gasteiger charge is 2.23. The minimum atomic E-state index is -1.25. The third-order valence-electron chi connectivity index (χ3n) is 2.51. The van der Waals surface area contributed by atoms with Gasteiger partial charge in [0.1, 0.15) is 17.6 Å². The van der Waals surface area contributed by atoms with Crippen LogP contribution >= 0.6 is 0 Å². The van der Waals surface area contributed by atoms with Crippen molar-refractivity contribution in [3.63, 3.8) is 0 Å². The Morgan fingerprint density at radius 1 is 1.45 bits per heavy atom. The molecule has 0 saturated carbocycles. The van der Waals surface area contributed by atoms with Crippen LogP contribution in [0.5, 0.6) is 5.75 Å². The zero-order valence-corrected chi connectivity index (χ0v) is 10.9. The number of hydrogen-bond donors (Lipinski definition) is 3. The zero-order valence-electron chi connectivity index (χ0n) is 10.9. The first-order valence-corrected chi connectivity index (χ1v) is 6.00. The molecule has 1 aromatic rings. The molecule has 2 atom stereocenters. The van der Waals surface area contributed by atoms with E-state index in [-0.39, 0.29) is 18.8 Å². The van der Waals surface area contributed by atoms with Gasteiger partial charge in [-0.1, -0.05) is 6.07 Å². The van der Waals surface area contributed by atoms with Gasteiger partial charge < -0.3 is 20.3 Å². The summed E-state index contributed by atoms with van der Waals surface area (Å²) in [6.07, 6.45) is -1.09. The number of carbonyl (C=O) groups is 2. The van der Waals surface area contributed by atoms with E-state index < -0.39 is 29.8 Å². The summed E-state index contributed by atoms with van der Waals surface area (Å²) in [4.78, 5) is 22.6. The molecule has 0 aliphatic heterocycles. The van der Waals surface area contributed by atoms with Gasteiger partial charge in [-0.15, -0.1) is 0 Å². The van der Waals surface area contributed by atoms with E-state index in [1.807, 2.05) is 0 Å². The van der Waals surface area contributed by atoms with Crippen LogP contribution in [0.15, 0.2) is 24.3 Å². The standard InChI is InChI=1S/C13H16FNO5/c1-8(20-10-4-2-3-9(14)7-10)12(17)15-11(5-6-16)13(18)19/h2-4,7-8,11,16H,5-6H2,1H3,(H,15,17)(H,18,19)/t8?,11-/m1/s1. The summed E-state index contributed by atoms with van der Waals surface area (Å²) in [5.41, 5.74) is 0. The third kappa shape index (κ3) is 4.85. The zero-order chi connectivity index (χ0) is 15.1. The van der Waals surface area contributed by atoms with Gasteiger partial charge >= 0.3 is 5.97 Å². The molecule has 0 fully saturated rings. The van der Waals surface area contributed by atoms with Crippen LogP contribution in [0.25, 0.3) is 0 Å². The van der Waals surface area contributed by atoms with Crippen LogP contribution < -0.4 is 10.1 Å². The van der Waals surface area contributed by atoms with E-state index in [1.54, 1.807) is 0 Å². The predicted octanol–water partition coefficient (Wildman–Crippen LogP) is 0.545. The molecule has 1 aromatic carbocycles. The fourth-order valence-corrected chi connectivity index (χ4v) is 1.47. The lowest BCUT2D eigenvalue weighted by atomic mass is 10.2. The average molecular weight is 285 g/mol. The van der Waals surface area contributed by atoms with Gasteiger partial charge in [-0.05, 0) is 19.1 Å². The van der Waals surface area contributed by atoms with Crippen molar-refractivity contribution in [1.29, 1.82) is 0 Å². The first-order chi connectivity index (χ1) is 9.43. The maximum atomic E-state index is 12.9. The normalized spacial score (nSPS) is 13.3. The van der Waals surface area contributed by atoms with Crippen LogP contribution in [-0.2, 0) is 9.59 Å². The molecule has 0 heterocycles. The van der Waals surface area contributed by atoms with Crippen LogP contribution in [-0.4, -0.2) is 40.8 Å². The van der Waals surface area contributed by atoms with Crippen molar-refractivity contribution in [2.75, 3.05) is 6.61 Å². The molecule has 7 heteroatoms. The van der Waals surface area contributed by atoms with Gasteiger partial charge in [0, 0.05) is 19.1 Å². The van der Waals surface area contributed by atoms with Crippen molar-refractivity contribution in [2.24, 2.45) is 0 Å². The molecule has 0 radical (unpaired) electrons. The second-order valence-electron chi connectivity index (χ2n) is 4.13. The molecule has 1 rings (SSSR count). The van der Waals surface area contributed by atoms with Crippen molar-refractivity contribution >= 4 is 11.9 Å². The van der Waals surface area contributed by atoms with Gasteiger partial charge in [-0.25, -0.2) is 9.18 Å². The number of amides is 1. The van der Waals surface area contributed by atoms with E-state index in [1.165, 1.54) is 25.1 Å². The monoisotopic (exact) mass is 285 g/mol. The summed E-state index contributed by atoms with van der Waals surface area (Å²) in [5, 5.41) is 19.8. The highest BCUT2D eigenvalue weighted by atomic mass is 19.1. The molecule has 0 saturated heterocycles. The molecule has 3 N–H and O–H groups in total. The van der Waals surface area contributed by atoms with Gasteiger partial charge in [-0.2, -0.15) is 0 Å². The quantitative estimate of drug-likeness (QED) is 0.679. The number of nitrogens with one attached hydrogen (secondary N) is 1. The van der Waals surface area contributed by atoms with Gasteiger partial charge in [-0.3, -0.25) is 4.79 Å². The van der Waals surface area contributed by atoms with Crippen molar-refractivity contribution < 1.29 is 28.9 Å². The van der Waals surface area contributed by atoms with Gasteiger partial charge in [0.15, 0.2) is 6.10 Å². The number of rotatable bonds is 7. The maximum Gasteiger partial charge on any atom is 0.326 e. The van der Waals surface area contributed by atoms with E-state index in [0.717, 1.165) is 6.07 Å². The Morgan fingerprint density at radius 3 is 2.70 bits per heavy atom. The Hall–Kier alpha value is -2.15. The minimum Gasteiger partial charge on any atom is -0.481 e. The van der Waals surface area contributed by atoms with E-state index >= 15 is 0 Å². The lowest BCUT2D eigenvalue weighted by Crippen LogP contribution is -2.46. The fraction of sp³-hybridized carbons (Fsp3) is 0.385. The van der Waals surface area contributed by atoms with E-state index in [4.69, 9.17) is 14.9 Å². The average Bonchev–Trinajstić information content (AvgIpc) is 2.37. The smallest absolute Gasteiger partial charge is 0.326 e. The molecule has 110 valence electrons. The molecule has 0 bridgehead atoms. The summed E-state index contributed by atoms with van der Waals surface area (Å²) in [5.74, 6) is -2.24. The summed E-state index contributed by atoms with van der Waals surface area (Å²) in [6, 6.07) is 4.08. The van der Waals surface area contributed by atoms with Crippen molar-refractivity contribution in [3.05, 3.63) is 30.1 Å². The third-order valence-corrected chi connectivity index (χ3v) is 2.51. The van der Waals surface area contributed by atoms with Crippen LogP contribution in [0.1, 0.15) is 13.3 Å². The highest BCUT2D eigenvalue weighted by molar-refractivity contribution is 5.86. The Bertz CT molecular complexity index is 480. The van der Waals surface area contributed by atoms with Crippen molar-refractivity contribution in [1.82, 2.24) is 5.32 Å². The molecular weight excluding hydrogens is 269 g/mol. The number of carboxylic acid groups (broad SMARTS) is 1. The summed E-state index contributed by atoms with van der Waals surface area (Å²) < 4.78 is 18.2. The molecule has 1 unspecified atom stereocenters. The van der Waals surface area contributed by atoms with Crippen LogP contribution in [0.4, 0.5) is 4.39 Å². The molecule has 0 spiro atoms. The summed E-state index contributed by atoms with van der Waals surface area (Å²) >= 11 is 0. The number of carboxylic acids is 1. The predicted molar refractivity (Wildman–Crippen MR) is 67.8 cm³/mol. The van der Waals surface area contributed by atoms with E-state index in [0.29, 0.717) is 0 Å². The van der Waals surface area contributed by atoms with E-state index in [9.17, 15) is 14.0 Å².